The minimum Gasteiger partial charge on any atom is -0.381 e. The molecule has 0 amide bonds. The third-order valence-electron chi connectivity index (χ3n) is 3.84. The van der Waals surface area contributed by atoms with Gasteiger partial charge in [0.25, 0.3) is 0 Å². The maximum absolute atomic E-state index is 5.38. The normalized spacial score (nSPS) is 16.8. The maximum Gasteiger partial charge on any atom is 0.0469 e. The van der Waals surface area contributed by atoms with Gasteiger partial charge in [0.2, 0.25) is 0 Å². The summed E-state index contributed by atoms with van der Waals surface area (Å²) in [6.07, 6.45) is 6.26. The molecule has 19 heavy (non-hydrogen) atoms. The smallest absolute Gasteiger partial charge is 0.0469 e. The van der Waals surface area contributed by atoms with E-state index in [4.69, 9.17) is 4.74 Å². The Kier molecular flexibility index (Phi) is 4.06. The summed E-state index contributed by atoms with van der Waals surface area (Å²) in [5, 5.41) is 6.09. The van der Waals surface area contributed by atoms with E-state index in [0.29, 0.717) is 0 Å². The first kappa shape index (κ1) is 12.6. The third-order valence-corrected chi connectivity index (χ3v) is 3.84. The lowest BCUT2D eigenvalue weighted by Gasteiger charge is -2.22. The predicted octanol–water partition coefficient (Wildman–Crippen LogP) is 2.75. The zero-order valence-electron chi connectivity index (χ0n) is 11.1. The summed E-state index contributed by atoms with van der Waals surface area (Å²) < 4.78 is 5.38. The highest BCUT2D eigenvalue weighted by atomic mass is 16.5. The van der Waals surface area contributed by atoms with Crippen LogP contribution in [0, 0.1) is 5.92 Å². The fourth-order valence-corrected chi connectivity index (χ4v) is 2.68. The van der Waals surface area contributed by atoms with Gasteiger partial charge in [-0.05, 0) is 36.3 Å². The number of hydrogen-bond acceptors (Lipinski definition) is 3. The van der Waals surface area contributed by atoms with Crippen molar-refractivity contribution in [3.63, 3.8) is 0 Å². The van der Waals surface area contributed by atoms with Crippen LogP contribution in [0.1, 0.15) is 18.4 Å². The van der Waals surface area contributed by atoms with Crippen molar-refractivity contribution in [1.82, 2.24) is 10.3 Å². The quantitative estimate of drug-likeness (QED) is 0.913. The SMILES string of the molecule is c1ccc2c(CNCC3CCOCC3)cncc2c1. The first-order valence-electron chi connectivity index (χ1n) is 7.03. The molecule has 0 spiro atoms. The molecule has 100 valence electrons. The van der Waals surface area contributed by atoms with Gasteiger partial charge in [-0.15, -0.1) is 0 Å². The largest absolute Gasteiger partial charge is 0.381 e. The van der Waals surface area contributed by atoms with Crippen LogP contribution in [-0.4, -0.2) is 24.7 Å². The Morgan fingerprint density at radius 2 is 2.00 bits per heavy atom. The first-order valence-corrected chi connectivity index (χ1v) is 7.03. The standard InChI is InChI=1S/C16H20N2O/c1-2-4-16-14(3-1)10-18-12-15(16)11-17-9-13-5-7-19-8-6-13/h1-4,10,12-13,17H,5-9,11H2. The summed E-state index contributed by atoms with van der Waals surface area (Å²) in [7, 11) is 0. The molecular weight excluding hydrogens is 236 g/mol. The Morgan fingerprint density at radius 3 is 2.89 bits per heavy atom. The molecular formula is C16H20N2O. The number of hydrogen-bond donors (Lipinski definition) is 1. The number of pyridine rings is 1. The molecule has 1 aliphatic rings. The maximum atomic E-state index is 5.38. The summed E-state index contributed by atoms with van der Waals surface area (Å²) >= 11 is 0. The molecule has 0 aliphatic carbocycles. The van der Waals surface area contributed by atoms with Crippen molar-refractivity contribution >= 4 is 10.8 Å². The molecule has 0 atom stereocenters. The Bertz CT molecular complexity index is 530. The van der Waals surface area contributed by atoms with E-state index in [1.165, 1.54) is 29.2 Å². The Balaban J connectivity index is 1.62. The van der Waals surface area contributed by atoms with Crippen molar-refractivity contribution in [1.29, 1.82) is 0 Å². The second kappa shape index (κ2) is 6.13. The van der Waals surface area contributed by atoms with Crippen molar-refractivity contribution in [3.05, 3.63) is 42.2 Å². The van der Waals surface area contributed by atoms with Gasteiger partial charge in [0.15, 0.2) is 0 Å². The van der Waals surface area contributed by atoms with Crippen LogP contribution in [0.4, 0.5) is 0 Å². The molecule has 3 heteroatoms. The molecule has 1 saturated heterocycles. The van der Waals surface area contributed by atoms with E-state index in [0.717, 1.165) is 32.2 Å². The molecule has 1 aliphatic heterocycles. The van der Waals surface area contributed by atoms with Gasteiger partial charge in [-0.3, -0.25) is 4.98 Å². The third kappa shape index (κ3) is 3.11. The van der Waals surface area contributed by atoms with Gasteiger partial charge in [0.1, 0.15) is 0 Å². The van der Waals surface area contributed by atoms with Crippen molar-refractivity contribution in [3.8, 4) is 0 Å². The van der Waals surface area contributed by atoms with Gasteiger partial charge in [-0.25, -0.2) is 0 Å². The summed E-state index contributed by atoms with van der Waals surface area (Å²) in [5.74, 6) is 0.761. The Morgan fingerprint density at radius 1 is 1.16 bits per heavy atom. The number of nitrogens with zero attached hydrogens (tertiary/aromatic N) is 1. The summed E-state index contributed by atoms with van der Waals surface area (Å²) in [6.45, 7) is 3.81. The minimum atomic E-state index is 0.761. The van der Waals surface area contributed by atoms with Gasteiger partial charge in [0, 0.05) is 37.5 Å². The lowest BCUT2D eigenvalue weighted by atomic mass is 10.0. The number of aromatic nitrogens is 1. The van der Waals surface area contributed by atoms with Crippen LogP contribution in [0.2, 0.25) is 0 Å². The molecule has 0 saturated carbocycles. The lowest BCUT2D eigenvalue weighted by molar-refractivity contribution is 0.0662. The van der Waals surface area contributed by atoms with E-state index in [1.807, 2.05) is 12.4 Å². The molecule has 0 radical (unpaired) electrons. The lowest BCUT2D eigenvalue weighted by Crippen LogP contribution is -2.27. The number of nitrogens with one attached hydrogen (secondary N) is 1. The van der Waals surface area contributed by atoms with Crippen molar-refractivity contribution in [2.75, 3.05) is 19.8 Å². The molecule has 3 rings (SSSR count). The van der Waals surface area contributed by atoms with E-state index < -0.39 is 0 Å². The van der Waals surface area contributed by atoms with Crippen LogP contribution in [0.25, 0.3) is 10.8 Å². The van der Waals surface area contributed by atoms with E-state index in [9.17, 15) is 0 Å². The van der Waals surface area contributed by atoms with E-state index in [-0.39, 0.29) is 0 Å². The molecule has 1 aromatic heterocycles. The summed E-state index contributed by atoms with van der Waals surface area (Å²) in [6, 6.07) is 8.43. The molecule has 3 nitrogen and oxygen atoms in total. The number of fused-ring (bicyclic) bond motifs is 1. The van der Waals surface area contributed by atoms with E-state index in [2.05, 4.69) is 34.6 Å². The Labute approximate surface area is 114 Å². The second-order valence-corrected chi connectivity index (χ2v) is 5.21. The topological polar surface area (TPSA) is 34.1 Å². The molecule has 1 aromatic carbocycles. The van der Waals surface area contributed by atoms with Crippen LogP contribution in [0.15, 0.2) is 36.7 Å². The number of benzene rings is 1. The van der Waals surface area contributed by atoms with Crippen molar-refractivity contribution in [2.24, 2.45) is 5.92 Å². The van der Waals surface area contributed by atoms with Gasteiger partial charge in [-0.2, -0.15) is 0 Å². The van der Waals surface area contributed by atoms with E-state index in [1.54, 1.807) is 0 Å². The van der Waals surface area contributed by atoms with E-state index >= 15 is 0 Å². The van der Waals surface area contributed by atoms with Gasteiger partial charge >= 0.3 is 0 Å². The summed E-state index contributed by atoms with van der Waals surface area (Å²) in [5.41, 5.74) is 1.28. The number of ether oxygens (including phenoxy) is 1. The van der Waals surface area contributed by atoms with Gasteiger partial charge in [0.05, 0.1) is 0 Å². The van der Waals surface area contributed by atoms with Crippen LogP contribution in [-0.2, 0) is 11.3 Å². The molecule has 1 N–H and O–H groups in total. The number of rotatable bonds is 4. The average Bonchev–Trinajstić information content (AvgIpc) is 2.49. The minimum absolute atomic E-state index is 0.761. The predicted molar refractivity (Wildman–Crippen MR) is 77.0 cm³/mol. The molecule has 0 unspecified atom stereocenters. The Hall–Kier alpha value is -1.45. The second-order valence-electron chi connectivity index (χ2n) is 5.21. The molecule has 0 bridgehead atoms. The van der Waals surface area contributed by atoms with Crippen LogP contribution >= 0.6 is 0 Å². The molecule has 1 fully saturated rings. The monoisotopic (exact) mass is 256 g/mol. The van der Waals surface area contributed by atoms with Crippen LogP contribution in [0.3, 0.4) is 0 Å². The van der Waals surface area contributed by atoms with Crippen LogP contribution < -0.4 is 5.32 Å². The first-order chi connectivity index (χ1) is 9.43. The van der Waals surface area contributed by atoms with Gasteiger partial charge in [-0.1, -0.05) is 24.3 Å². The zero-order valence-corrected chi connectivity index (χ0v) is 11.1. The molecule has 2 aromatic rings. The highest BCUT2D eigenvalue weighted by Crippen LogP contribution is 2.17. The van der Waals surface area contributed by atoms with Gasteiger partial charge < -0.3 is 10.1 Å². The van der Waals surface area contributed by atoms with Crippen molar-refractivity contribution in [2.45, 2.75) is 19.4 Å². The highest BCUT2D eigenvalue weighted by molar-refractivity contribution is 5.84. The zero-order chi connectivity index (χ0) is 12.9. The van der Waals surface area contributed by atoms with Crippen LogP contribution in [0.5, 0.6) is 0 Å². The fourth-order valence-electron chi connectivity index (χ4n) is 2.68. The highest BCUT2D eigenvalue weighted by Gasteiger charge is 2.13. The fraction of sp³-hybridized carbons (Fsp3) is 0.438. The summed E-state index contributed by atoms with van der Waals surface area (Å²) in [4.78, 5) is 4.32. The average molecular weight is 256 g/mol. The molecule has 2 heterocycles. The van der Waals surface area contributed by atoms with Crippen molar-refractivity contribution < 1.29 is 4.74 Å².